The number of ketones is 1. The van der Waals surface area contributed by atoms with Crippen molar-refractivity contribution in [1.29, 1.82) is 0 Å². The van der Waals surface area contributed by atoms with Crippen molar-refractivity contribution >= 4 is 5.78 Å². The van der Waals surface area contributed by atoms with Crippen LogP contribution >= 0.6 is 0 Å². The third-order valence-electron chi connectivity index (χ3n) is 2.06. The molecule has 15 heavy (non-hydrogen) atoms. The molecule has 0 saturated heterocycles. The van der Waals surface area contributed by atoms with Gasteiger partial charge >= 0.3 is 0 Å². The first-order valence-electron chi connectivity index (χ1n) is 5.16. The van der Waals surface area contributed by atoms with Gasteiger partial charge in [0, 0.05) is 0 Å². The highest BCUT2D eigenvalue weighted by Gasteiger charge is 2.29. The lowest BCUT2D eigenvalue weighted by atomic mass is 9.95. The summed E-state index contributed by atoms with van der Waals surface area (Å²) in [6.45, 7) is 7.73. The summed E-state index contributed by atoms with van der Waals surface area (Å²) in [5.41, 5.74) is -0.952. The number of carbonyl (C=O) groups is 1. The van der Waals surface area contributed by atoms with E-state index >= 15 is 0 Å². The highest BCUT2D eigenvalue weighted by Crippen LogP contribution is 2.25. The Labute approximate surface area is 90.7 Å². The van der Waals surface area contributed by atoms with Crippen LogP contribution < -0.4 is 0 Å². The molecule has 1 aliphatic rings. The fourth-order valence-electron chi connectivity index (χ4n) is 1.11. The Morgan fingerprint density at radius 3 is 2.20 bits per heavy atom. The fourth-order valence-corrected chi connectivity index (χ4v) is 1.11. The van der Waals surface area contributed by atoms with E-state index in [2.05, 4.69) is 0 Å². The lowest BCUT2D eigenvalue weighted by molar-refractivity contribution is -0.383. The van der Waals surface area contributed by atoms with Crippen molar-refractivity contribution in [3.63, 3.8) is 0 Å². The molecule has 0 amide bonds. The van der Waals surface area contributed by atoms with Gasteiger partial charge in [0.1, 0.15) is 5.60 Å². The van der Waals surface area contributed by atoms with Crippen molar-refractivity contribution in [3.05, 3.63) is 24.3 Å². The molecule has 0 atom stereocenters. The summed E-state index contributed by atoms with van der Waals surface area (Å²) >= 11 is 0. The number of rotatable bonds is 3. The molecule has 84 valence electrons. The first-order valence-corrected chi connectivity index (χ1v) is 5.16. The Morgan fingerprint density at radius 2 is 1.80 bits per heavy atom. The van der Waals surface area contributed by atoms with E-state index in [0.29, 0.717) is 0 Å². The molecule has 0 saturated carbocycles. The highest BCUT2D eigenvalue weighted by molar-refractivity contribution is 6.00. The highest BCUT2D eigenvalue weighted by atomic mass is 17.2. The quantitative estimate of drug-likeness (QED) is 0.530. The molecular weight excluding hydrogens is 192 g/mol. The van der Waals surface area contributed by atoms with Crippen LogP contribution in [0, 0.1) is 0 Å². The molecule has 0 spiro atoms. The average molecular weight is 210 g/mol. The molecule has 0 heterocycles. The first-order chi connectivity index (χ1) is 6.87. The van der Waals surface area contributed by atoms with Gasteiger partial charge in [-0.25, -0.2) is 9.78 Å². The zero-order chi connectivity index (χ0) is 11.5. The van der Waals surface area contributed by atoms with E-state index in [-0.39, 0.29) is 11.4 Å². The van der Waals surface area contributed by atoms with Crippen LogP contribution in [0.25, 0.3) is 0 Å². The molecule has 0 aromatic carbocycles. The van der Waals surface area contributed by atoms with Gasteiger partial charge in [-0.1, -0.05) is 6.92 Å². The topological polar surface area (TPSA) is 35.5 Å². The Kier molecular flexibility index (Phi) is 3.47. The largest absolute Gasteiger partial charge is 0.290 e. The zero-order valence-electron chi connectivity index (χ0n) is 9.74. The predicted octanol–water partition coefficient (Wildman–Crippen LogP) is 2.58. The number of hydrogen-bond donors (Lipinski definition) is 0. The number of carbonyl (C=O) groups excluding carboxylic acids is 1. The first kappa shape index (κ1) is 12.1. The van der Waals surface area contributed by atoms with Gasteiger partial charge in [0.05, 0.1) is 5.60 Å². The van der Waals surface area contributed by atoms with E-state index in [1.165, 1.54) is 12.2 Å². The fraction of sp³-hybridized carbons (Fsp3) is 0.583. The maximum absolute atomic E-state index is 11.0. The van der Waals surface area contributed by atoms with Crippen LogP contribution in [0.3, 0.4) is 0 Å². The van der Waals surface area contributed by atoms with Gasteiger partial charge in [-0.05, 0) is 51.5 Å². The SMILES string of the molecule is CCC1(OOC(C)(C)C)C=CC(=O)C=C1. The van der Waals surface area contributed by atoms with E-state index in [0.717, 1.165) is 6.42 Å². The van der Waals surface area contributed by atoms with Crippen LogP contribution in [-0.2, 0) is 14.6 Å². The van der Waals surface area contributed by atoms with E-state index in [1.807, 2.05) is 27.7 Å². The summed E-state index contributed by atoms with van der Waals surface area (Å²) in [5, 5.41) is 0. The molecule has 3 heteroatoms. The van der Waals surface area contributed by atoms with Gasteiger partial charge in [0.15, 0.2) is 5.78 Å². The minimum atomic E-state index is -0.596. The maximum Gasteiger partial charge on any atom is 0.178 e. The van der Waals surface area contributed by atoms with Gasteiger partial charge in [-0.15, -0.1) is 0 Å². The van der Waals surface area contributed by atoms with Gasteiger partial charge in [0.2, 0.25) is 0 Å². The van der Waals surface area contributed by atoms with Crippen molar-refractivity contribution in [2.45, 2.75) is 45.3 Å². The smallest absolute Gasteiger partial charge is 0.178 e. The van der Waals surface area contributed by atoms with Crippen LogP contribution in [0.15, 0.2) is 24.3 Å². The lowest BCUT2D eigenvalue weighted by Crippen LogP contribution is -2.33. The molecule has 0 aromatic rings. The predicted molar refractivity (Wildman–Crippen MR) is 58.2 cm³/mol. The molecule has 3 nitrogen and oxygen atoms in total. The summed E-state index contributed by atoms with van der Waals surface area (Å²) in [6, 6.07) is 0. The molecule has 1 rings (SSSR count). The Bertz CT molecular complexity index is 278. The molecule has 0 radical (unpaired) electrons. The molecule has 0 bridgehead atoms. The summed E-state index contributed by atoms with van der Waals surface area (Å²) in [7, 11) is 0. The third kappa shape index (κ3) is 3.61. The normalized spacial score (nSPS) is 19.6. The van der Waals surface area contributed by atoms with Crippen molar-refractivity contribution in [2.24, 2.45) is 0 Å². The van der Waals surface area contributed by atoms with Crippen LogP contribution in [0.1, 0.15) is 34.1 Å². The molecule has 0 fully saturated rings. The molecule has 1 aliphatic carbocycles. The zero-order valence-corrected chi connectivity index (χ0v) is 9.74. The van der Waals surface area contributed by atoms with Gasteiger partial charge < -0.3 is 0 Å². The van der Waals surface area contributed by atoms with E-state index in [1.54, 1.807) is 12.2 Å². The molecule has 0 N–H and O–H groups in total. The second-order valence-corrected chi connectivity index (χ2v) is 4.66. The lowest BCUT2D eigenvalue weighted by Gasteiger charge is -2.30. The standard InChI is InChI=1S/C12H18O3/c1-5-12(15-14-11(2,3)4)8-6-10(13)7-9-12/h6-9H,5H2,1-4H3. The van der Waals surface area contributed by atoms with Crippen molar-refractivity contribution in [2.75, 3.05) is 0 Å². The van der Waals surface area contributed by atoms with E-state index in [4.69, 9.17) is 9.78 Å². The van der Waals surface area contributed by atoms with E-state index in [9.17, 15) is 4.79 Å². The van der Waals surface area contributed by atoms with Gasteiger partial charge in [-0.3, -0.25) is 4.79 Å². The van der Waals surface area contributed by atoms with Crippen LogP contribution in [0.2, 0.25) is 0 Å². The Balaban J connectivity index is 2.67. The van der Waals surface area contributed by atoms with Crippen molar-refractivity contribution < 1.29 is 14.6 Å². The molecule has 0 aliphatic heterocycles. The number of hydrogen-bond acceptors (Lipinski definition) is 3. The molecular formula is C12H18O3. The van der Waals surface area contributed by atoms with Gasteiger partial charge in [-0.2, -0.15) is 0 Å². The maximum atomic E-state index is 11.0. The minimum Gasteiger partial charge on any atom is -0.290 e. The third-order valence-corrected chi connectivity index (χ3v) is 2.06. The summed E-state index contributed by atoms with van der Waals surface area (Å²) in [6.07, 6.45) is 7.22. The monoisotopic (exact) mass is 210 g/mol. The summed E-state index contributed by atoms with van der Waals surface area (Å²) in [4.78, 5) is 21.7. The van der Waals surface area contributed by atoms with Crippen molar-refractivity contribution in [1.82, 2.24) is 0 Å². The Morgan fingerprint density at radius 1 is 1.27 bits per heavy atom. The summed E-state index contributed by atoms with van der Waals surface area (Å²) in [5.74, 6) is -0.0153. The second kappa shape index (κ2) is 4.29. The number of allylic oxidation sites excluding steroid dienone is 2. The van der Waals surface area contributed by atoms with Gasteiger partial charge in [0.25, 0.3) is 0 Å². The Hall–Kier alpha value is -0.930. The second-order valence-electron chi connectivity index (χ2n) is 4.66. The van der Waals surface area contributed by atoms with Crippen LogP contribution in [-0.4, -0.2) is 17.0 Å². The van der Waals surface area contributed by atoms with Crippen LogP contribution in [0.4, 0.5) is 0 Å². The average Bonchev–Trinajstić information content (AvgIpc) is 2.17. The molecule has 0 aromatic heterocycles. The van der Waals surface area contributed by atoms with Crippen LogP contribution in [0.5, 0.6) is 0 Å². The van der Waals surface area contributed by atoms with Crippen molar-refractivity contribution in [3.8, 4) is 0 Å². The summed E-state index contributed by atoms with van der Waals surface area (Å²) < 4.78 is 0. The van der Waals surface area contributed by atoms with E-state index < -0.39 is 5.60 Å². The molecule has 0 unspecified atom stereocenters. The minimum absolute atomic E-state index is 0.0153.